The summed E-state index contributed by atoms with van der Waals surface area (Å²) in [5.74, 6) is 0. The predicted octanol–water partition coefficient (Wildman–Crippen LogP) is 0.910. The third-order valence-corrected chi connectivity index (χ3v) is 4.31. The summed E-state index contributed by atoms with van der Waals surface area (Å²) in [5, 5.41) is -0.725. The zero-order valence-corrected chi connectivity index (χ0v) is 10.6. The maximum atomic E-state index is 11.6. The van der Waals surface area contributed by atoms with Crippen molar-refractivity contribution in [3.05, 3.63) is 0 Å². The van der Waals surface area contributed by atoms with Crippen LogP contribution in [0.4, 0.5) is 0 Å². The number of ether oxygens (including phenoxy) is 1. The third-order valence-electron chi connectivity index (χ3n) is 1.83. The van der Waals surface area contributed by atoms with E-state index >= 15 is 0 Å². The van der Waals surface area contributed by atoms with Crippen LogP contribution in [-0.2, 0) is 14.8 Å². The molecule has 0 N–H and O–H groups in total. The normalized spacial score (nSPS) is 15.1. The third kappa shape index (κ3) is 4.13. The van der Waals surface area contributed by atoms with E-state index < -0.39 is 15.3 Å². The van der Waals surface area contributed by atoms with E-state index in [4.69, 9.17) is 16.3 Å². The van der Waals surface area contributed by atoms with Crippen LogP contribution in [0.2, 0.25) is 0 Å². The van der Waals surface area contributed by atoms with Crippen LogP contribution in [-0.4, -0.2) is 50.7 Å². The Morgan fingerprint density at radius 1 is 1.43 bits per heavy atom. The number of hydrogen-bond donors (Lipinski definition) is 0. The van der Waals surface area contributed by atoms with E-state index in [1.807, 2.05) is 0 Å². The lowest BCUT2D eigenvalue weighted by Gasteiger charge is -2.21. The maximum Gasteiger partial charge on any atom is 0.216 e. The molecule has 0 aliphatic heterocycles. The van der Waals surface area contributed by atoms with Gasteiger partial charge in [-0.05, 0) is 13.8 Å². The van der Waals surface area contributed by atoms with Gasteiger partial charge in [-0.1, -0.05) is 0 Å². The average Bonchev–Trinajstić information content (AvgIpc) is 2.03. The van der Waals surface area contributed by atoms with Crippen LogP contribution in [0, 0.1) is 0 Å². The quantitative estimate of drug-likeness (QED) is 0.652. The van der Waals surface area contributed by atoms with Gasteiger partial charge in [0.2, 0.25) is 10.0 Å². The van der Waals surface area contributed by atoms with E-state index in [1.54, 1.807) is 13.8 Å². The summed E-state index contributed by atoms with van der Waals surface area (Å²) >= 11 is 5.86. The van der Waals surface area contributed by atoms with Crippen molar-refractivity contribution in [1.82, 2.24) is 4.31 Å². The van der Waals surface area contributed by atoms with Crippen molar-refractivity contribution in [1.29, 1.82) is 0 Å². The summed E-state index contributed by atoms with van der Waals surface area (Å²) < 4.78 is 29.3. The number of hydrogen-bond acceptors (Lipinski definition) is 3. The molecule has 0 spiro atoms. The van der Waals surface area contributed by atoms with Gasteiger partial charge in [-0.25, -0.2) is 12.7 Å². The molecule has 4 nitrogen and oxygen atoms in total. The van der Waals surface area contributed by atoms with Gasteiger partial charge in [0.25, 0.3) is 0 Å². The molecule has 0 rings (SSSR count). The first-order valence-corrected chi connectivity index (χ1v) is 6.34. The van der Waals surface area contributed by atoms with Crippen LogP contribution in [0.25, 0.3) is 0 Å². The molecule has 0 fully saturated rings. The van der Waals surface area contributed by atoms with E-state index in [1.165, 1.54) is 18.5 Å². The molecule has 0 amide bonds. The van der Waals surface area contributed by atoms with Gasteiger partial charge < -0.3 is 4.74 Å². The van der Waals surface area contributed by atoms with Gasteiger partial charge in [0.15, 0.2) is 0 Å². The molecule has 0 radical (unpaired) electrons. The van der Waals surface area contributed by atoms with Crippen molar-refractivity contribution in [2.45, 2.75) is 24.5 Å². The van der Waals surface area contributed by atoms with Gasteiger partial charge in [0, 0.05) is 20.7 Å². The highest BCUT2D eigenvalue weighted by Crippen LogP contribution is 2.09. The average molecular weight is 244 g/mol. The number of methoxy groups -OCH3 is 1. The fraction of sp³-hybridized carbons (Fsp3) is 1.00. The second-order valence-electron chi connectivity index (χ2n) is 3.43. The lowest BCUT2D eigenvalue weighted by atomic mass is 10.4. The Morgan fingerprint density at radius 2 is 1.93 bits per heavy atom. The first-order valence-electron chi connectivity index (χ1n) is 4.40. The fourth-order valence-corrected chi connectivity index (χ4v) is 2.50. The van der Waals surface area contributed by atoms with Crippen LogP contribution in [0.3, 0.4) is 0 Å². The Balaban J connectivity index is 4.28. The molecule has 1 unspecified atom stereocenters. The minimum Gasteiger partial charge on any atom is -0.383 e. The molecule has 86 valence electrons. The summed E-state index contributed by atoms with van der Waals surface area (Å²) in [5.41, 5.74) is 0. The zero-order chi connectivity index (χ0) is 11.4. The van der Waals surface area contributed by atoms with Crippen molar-refractivity contribution in [2.24, 2.45) is 0 Å². The Bertz CT molecular complexity index is 253. The largest absolute Gasteiger partial charge is 0.383 e. The first-order chi connectivity index (χ1) is 6.32. The number of halogens is 1. The number of sulfonamides is 1. The fourth-order valence-electron chi connectivity index (χ4n) is 0.976. The number of nitrogens with zero attached hydrogens (tertiary/aromatic N) is 1. The molecule has 6 heteroatoms. The van der Waals surface area contributed by atoms with Crippen LogP contribution >= 0.6 is 11.6 Å². The van der Waals surface area contributed by atoms with Crippen molar-refractivity contribution in [2.75, 3.05) is 27.3 Å². The summed E-state index contributed by atoms with van der Waals surface area (Å²) in [6.45, 7) is 3.91. The molecule has 0 aromatic rings. The highest BCUT2D eigenvalue weighted by molar-refractivity contribution is 7.89. The summed E-state index contributed by atoms with van der Waals surface area (Å²) in [6, 6.07) is 0. The second-order valence-corrected chi connectivity index (χ2v) is 6.64. The maximum absolute atomic E-state index is 11.6. The molecule has 0 aliphatic carbocycles. The Morgan fingerprint density at radius 3 is 2.29 bits per heavy atom. The van der Waals surface area contributed by atoms with E-state index in [9.17, 15) is 8.42 Å². The molecular formula is C8H18ClNO3S. The van der Waals surface area contributed by atoms with Crippen LogP contribution < -0.4 is 0 Å². The lowest BCUT2D eigenvalue weighted by Crippen LogP contribution is -2.38. The van der Waals surface area contributed by atoms with Gasteiger partial charge in [-0.2, -0.15) is 0 Å². The number of alkyl halides is 1. The van der Waals surface area contributed by atoms with E-state index in [0.29, 0.717) is 6.61 Å². The molecule has 0 aromatic heterocycles. The smallest absolute Gasteiger partial charge is 0.216 e. The molecule has 0 heterocycles. The van der Waals surface area contributed by atoms with Gasteiger partial charge in [-0.15, -0.1) is 11.6 Å². The van der Waals surface area contributed by atoms with E-state index in [2.05, 4.69) is 0 Å². The van der Waals surface area contributed by atoms with E-state index in [-0.39, 0.29) is 11.9 Å². The Labute approximate surface area is 91.2 Å². The van der Waals surface area contributed by atoms with Crippen LogP contribution in [0.1, 0.15) is 13.8 Å². The number of rotatable bonds is 6. The van der Waals surface area contributed by atoms with Gasteiger partial charge in [-0.3, -0.25) is 0 Å². The first kappa shape index (κ1) is 14.2. The summed E-state index contributed by atoms with van der Waals surface area (Å²) in [4.78, 5) is 0. The molecule has 0 aromatic carbocycles. The minimum absolute atomic E-state index is 0.274. The standard InChI is InChI=1S/C8H18ClNO3S/c1-7(2)14(11,12)10(3)5-8(9)6-13-4/h7-8H,5-6H2,1-4H3. The van der Waals surface area contributed by atoms with E-state index in [0.717, 1.165) is 0 Å². The molecular weight excluding hydrogens is 226 g/mol. The topological polar surface area (TPSA) is 46.6 Å². The minimum atomic E-state index is -3.20. The second kappa shape index (κ2) is 5.90. The Kier molecular flexibility index (Phi) is 5.97. The molecule has 0 saturated heterocycles. The summed E-state index contributed by atoms with van der Waals surface area (Å²) in [6.07, 6.45) is 0. The monoisotopic (exact) mass is 243 g/mol. The van der Waals surface area contributed by atoms with Gasteiger partial charge >= 0.3 is 0 Å². The van der Waals surface area contributed by atoms with Gasteiger partial charge in [0.1, 0.15) is 0 Å². The highest BCUT2D eigenvalue weighted by atomic mass is 35.5. The van der Waals surface area contributed by atoms with Crippen molar-refractivity contribution >= 4 is 21.6 Å². The van der Waals surface area contributed by atoms with Crippen LogP contribution in [0.5, 0.6) is 0 Å². The molecule has 0 bridgehead atoms. The molecule has 0 saturated carbocycles. The van der Waals surface area contributed by atoms with Crippen LogP contribution in [0.15, 0.2) is 0 Å². The molecule has 14 heavy (non-hydrogen) atoms. The Hall–Kier alpha value is 0.160. The van der Waals surface area contributed by atoms with Gasteiger partial charge in [0.05, 0.1) is 17.2 Å². The highest BCUT2D eigenvalue weighted by Gasteiger charge is 2.23. The lowest BCUT2D eigenvalue weighted by molar-refractivity contribution is 0.192. The molecule has 0 aliphatic rings. The van der Waals surface area contributed by atoms with Crippen molar-refractivity contribution < 1.29 is 13.2 Å². The zero-order valence-electron chi connectivity index (χ0n) is 9.03. The van der Waals surface area contributed by atoms with Crippen molar-refractivity contribution in [3.8, 4) is 0 Å². The predicted molar refractivity (Wildman–Crippen MR) is 58.2 cm³/mol. The summed E-state index contributed by atoms with van der Waals surface area (Å²) in [7, 11) is -0.135. The molecule has 1 atom stereocenters. The SMILES string of the molecule is COCC(Cl)CN(C)S(=O)(=O)C(C)C. The van der Waals surface area contributed by atoms with Crippen molar-refractivity contribution in [3.63, 3.8) is 0 Å².